The van der Waals surface area contributed by atoms with Crippen LogP contribution in [0, 0.1) is 0 Å². The van der Waals surface area contributed by atoms with Gasteiger partial charge >= 0.3 is 24.7 Å². The number of carbonyl (C=O) groups is 2. The molecule has 0 spiro atoms. The van der Waals surface area contributed by atoms with Crippen LogP contribution < -0.4 is 9.47 Å². The van der Waals surface area contributed by atoms with E-state index in [0.29, 0.717) is 12.1 Å². The number of ether oxygens (including phenoxy) is 2. The fourth-order valence-electron chi connectivity index (χ4n) is 2.37. The normalized spacial score (nSPS) is 11.8. The Morgan fingerprint density at radius 2 is 1.00 bits per heavy atom. The molecule has 0 aliphatic rings. The largest absolute Gasteiger partial charge is 0.573 e. The predicted octanol–water partition coefficient (Wildman–Crippen LogP) is 4.55. The quantitative estimate of drug-likeness (QED) is 0.703. The van der Waals surface area contributed by atoms with E-state index in [2.05, 4.69) is 9.47 Å². The molecule has 0 aliphatic heterocycles. The Labute approximate surface area is 151 Å². The summed E-state index contributed by atoms with van der Waals surface area (Å²) in [6.45, 7) is 0. The molecular weight excluding hydrogens is 402 g/mol. The summed E-state index contributed by atoms with van der Waals surface area (Å²) in [5.74, 6) is -6.19. The summed E-state index contributed by atoms with van der Waals surface area (Å²) in [7, 11) is 0. The number of carboxylic acids is 2. The maximum Gasteiger partial charge on any atom is 0.573 e. The molecule has 0 radical (unpaired) electrons. The van der Waals surface area contributed by atoms with Crippen molar-refractivity contribution in [3.8, 4) is 22.6 Å². The van der Waals surface area contributed by atoms with Gasteiger partial charge in [-0.2, -0.15) is 0 Å². The zero-order valence-electron chi connectivity index (χ0n) is 13.3. The Kier molecular flexibility index (Phi) is 5.43. The minimum Gasteiger partial charge on any atom is -0.478 e. The molecule has 2 rings (SSSR count). The zero-order chi connectivity index (χ0) is 21.3. The molecule has 0 saturated heterocycles. The van der Waals surface area contributed by atoms with Gasteiger partial charge in [-0.15, -0.1) is 26.3 Å². The second-order valence-corrected chi connectivity index (χ2v) is 5.06. The van der Waals surface area contributed by atoms with Crippen LogP contribution in [0.2, 0.25) is 0 Å². The minimum absolute atomic E-state index is 0.612. The first kappa shape index (κ1) is 20.9. The van der Waals surface area contributed by atoms with Crippen LogP contribution in [0.1, 0.15) is 20.7 Å². The van der Waals surface area contributed by atoms with E-state index < -0.39 is 58.4 Å². The fraction of sp³-hybridized carbons (Fsp3) is 0.125. The highest BCUT2D eigenvalue weighted by Gasteiger charge is 2.36. The second kappa shape index (κ2) is 7.29. The molecule has 0 amide bonds. The third kappa shape index (κ3) is 4.84. The molecule has 0 saturated carbocycles. The number of aromatic carboxylic acids is 2. The molecule has 0 heterocycles. The van der Waals surface area contributed by atoms with Gasteiger partial charge in [-0.05, 0) is 12.1 Å². The van der Waals surface area contributed by atoms with Gasteiger partial charge in [0.15, 0.2) is 0 Å². The van der Waals surface area contributed by atoms with Crippen molar-refractivity contribution in [2.75, 3.05) is 0 Å². The maximum atomic E-state index is 12.5. The molecule has 0 atom stereocenters. The standard InChI is InChI=1S/C16H8F6O6/c17-15(18,19)27-9-5-1-3-7(11(9)13(23)24)8-4-2-6-10(12(8)14(25)26)28-16(20,21)22/h1-6H,(H,23,24)(H,25,26). The molecule has 0 bridgehead atoms. The zero-order valence-corrected chi connectivity index (χ0v) is 13.3. The lowest BCUT2D eigenvalue weighted by Gasteiger charge is -2.17. The van der Waals surface area contributed by atoms with Crippen molar-refractivity contribution in [1.82, 2.24) is 0 Å². The molecule has 2 N–H and O–H groups in total. The number of hydrogen-bond donors (Lipinski definition) is 2. The highest BCUT2D eigenvalue weighted by Crippen LogP contribution is 2.39. The first-order chi connectivity index (χ1) is 12.8. The molecule has 0 unspecified atom stereocenters. The van der Waals surface area contributed by atoms with Crippen molar-refractivity contribution in [1.29, 1.82) is 0 Å². The van der Waals surface area contributed by atoms with E-state index in [1.54, 1.807) is 0 Å². The molecule has 12 heteroatoms. The lowest BCUT2D eigenvalue weighted by atomic mass is 9.94. The molecule has 0 aromatic heterocycles. The molecule has 150 valence electrons. The van der Waals surface area contributed by atoms with Gasteiger partial charge < -0.3 is 19.7 Å². The Hall–Kier alpha value is -3.44. The Morgan fingerprint density at radius 1 is 0.679 bits per heavy atom. The summed E-state index contributed by atoms with van der Waals surface area (Å²) in [4.78, 5) is 23.0. The van der Waals surface area contributed by atoms with E-state index in [1.165, 1.54) is 0 Å². The van der Waals surface area contributed by atoms with Crippen LogP contribution >= 0.6 is 0 Å². The fourth-order valence-corrected chi connectivity index (χ4v) is 2.37. The van der Waals surface area contributed by atoms with Crippen LogP contribution in [0.15, 0.2) is 36.4 Å². The maximum absolute atomic E-state index is 12.5. The summed E-state index contributed by atoms with van der Waals surface area (Å²) in [5, 5.41) is 18.6. The number of rotatable bonds is 5. The van der Waals surface area contributed by atoms with Crippen LogP contribution in [0.3, 0.4) is 0 Å². The third-order valence-corrected chi connectivity index (χ3v) is 3.22. The average Bonchev–Trinajstić information content (AvgIpc) is 2.50. The summed E-state index contributed by atoms with van der Waals surface area (Å²) in [6, 6.07) is 5.02. The van der Waals surface area contributed by atoms with Crippen molar-refractivity contribution in [2.24, 2.45) is 0 Å². The Morgan fingerprint density at radius 3 is 1.25 bits per heavy atom. The molecule has 6 nitrogen and oxygen atoms in total. The number of halogens is 6. The van der Waals surface area contributed by atoms with Crippen LogP contribution in [-0.4, -0.2) is 34.9 Å². The molecule has 0 fully saturated rings. The van der Waals surface area contributed by atoms with E-state index in [9.17, 15) is 46.1 Å². The molecule has 0 aliphatic carbocycles. The van der Waals surface area contributed by atoms with Crippen molar-refractivity contribution in [3.05, 3.63) is 47.5 Å². The van der Waals surface area contributed by atoms with Crippen molar-refractivity contribution in [2.45, 2.75) is 12.7 Å². The molecule has 28 heavy (non-hydrogen) atoms. The third-order valence-electron chi connectivity index (χ3n) is 3.22. The van der Waals surface area contributed by atoms with E-state index in [1.807, 2.05) is 0 Å². The van der Waals surface area contributed by atoms with Gasteiger partial charge in [-0.25, -0.2) is 9.59 Å². The van der Waals surface area contributed by atoms with E-state index in [0.717, 1.165) is 24.3 Å². The van der Waals surface area contributed by atoms with Crippen LogP contribution in [0.25, 0.3) is 11.1 Å². The smallest absolute Gasteiger partial charge is 0.478 e. The molecule has 2 aromatic rings. The first-order valence-electron chi connectivity index (χ1n) is 7.04. The number of hydrogen-bond acceptors (Lipinski definition) is 4. The Balaban J connectivity index is 2.78. The molecule has 2 aromatic carbocycles. The topological polar surface area (TPSA) is 93.1 Å². The van der Waals surface area contributed by atoms with Crippen LogP contribution in [-0.2, 0) is 0 Å². The lowest BCUT2D eigenvalue weighted by Crippen LogP contribution is -2.20. The summed E-state index contributed by atoms with van der Waals surface area (Å²) >= 11 is 0. The predicted molar refractivity (Wildman–Crippen MR) is 79.2 cm³/mol. The van der Waals surface area contributed by atoms with Gasteiger partial charge in [-0.3, -0.25) is 0 Å². The van der Waals surface area contributed by atoms with Gasteiger partial charge in [0.2, 0.25) is 0 Å². The summed E-state index contributed by atoms with van der Waals surface area (Å²) in [5.41, 5.74) is -3.41. The van der Waals surface area contributed by atoms with Gasteiger partial charge in [0.05, 0.1) is 0 Å². The SMILES string of the molecule is O=C(O)c1c(OC(F)(F)F)cccc1-c1cccc(OC(F)(F)F)c1C(=O)O. The first-order valence-corrected chi connectivity index (χ1v) is 7.04. The summed E-state index contributed by atoms with van der Waals surface area (Å²) in [6.07, 6.45) is -10.5. The van der Waals surface area contributed by atoms with Crippen molar-refractivity contribution >= 4 is 11.9 Å². The number of carboxylic acid groups (broad SMARTS) is 2. The Bertz CT molecular complexity index is 843. The average molecular weight is 410 g/mol. The van der Waals surface area contributed by atoms with Gasteiger partial charge in [0.1, 0.15) is 22.6 Å². The van der Waals surface area contributed by atoms with E-state index >= 15 is 0 Å². The molecular formula is C16H8F6O6. The van der Waals surface area contributed by atoms with Crippen molar-refractivity contribution < 1.29 is 55.6 Å². The highest BCUT2D eigenvalue weighted by atomic mass is 19.4. The highest BCUT2D eigenvalue weighted by molar-refractivity contribution is 6.05. The van der Waals surface area contributed by atoms with Crippen LogP contribution in [0.5, 0.6) is 11.5 Å². The van der Waals surface area contributed by atoms with Crippen molar-refractivity contribution in [3.63, 3.8) is 0 Å². The van der Waals surface area contributed by atoms with Gasteiger partial charge in [0.25, 0.3) is 0 Å². The van der Waals surface area contributed by atoms with Gasteiger partial charge in [-0.1, -0.05) is 24.3 Å². The number of benzene rings is 2. The van der Waals surface area contributed by atoms with E-state index in [-0.39, 0.29) is 0 Å². The second-order valence-electron chi connectivity index (χ2n) is 5.06. The van der Waals surface area contributed by atoms with Gasteiger partial charge in [0, 0.05) is 11.1 Å². The van der Waals surface area contributed by atoms with E-state index in [4.69, 9.17) is 0 Å². The lowest BCUT2D eigenvalue weighted by molar-refractivity contribution is -0.275. The minimum atomic E-state index is -5.26. The summed E-state index contributed by atoms with van der Waals surface area (Å²) < 4.78 is 82.4. The van der Waals surface area contributed by atoms with Crippen LogP contribution in [0.4, 0.5) is 26.3 Å². The monoisotopic (exact) mass is 410 g/mol. The number of alkyl halides is 6.